The Kier molecular flexibility index (Phi) is 6.15. The van der Waals surface area contributed by atoms with Crippen LogP contribution < -0.4 is 5.32 Å². The molecule has 0 aromatic heterocycles. The van der Waals surface area contributed by atoms with Crippen molar-refractivity contribution in [2.24, 2.45) is 0 Å². The van der Waals surface area contributed by atoms with Crippen LogP contribution >= 0.6 is 0 Å². The van der Waals surface area contributed by atoms with Gasteiger partial charge in [0.05, 0.1) is 4.92 Å². The zero-order valence-corrected chi connectivity index (χ0v) is 12.3. The van der Waals surface area contributed by atoms with Crippen LogP contribution in [0.25, 0.3) is 0 Å². The third-order valence-corrected chi connectivity index (χ3v) is 3.28. The molecule has 1 aromatic carbocycles. The van der Waals surface area contributed by atoms with Gasteiger partial charge in [0, 0.05) is 11.6 Å². The van der Waals surface area contributed by atoms with E-state index < -0.39 is 4.92 Å². The molecule has 1 atom stereocenters. The summed E-state index contributed by atoms with van der Waals surface area (Å²) >= 11 is 0. The summed E-state index contributed by atoms with van der Waals surface area (Å²) < 4.78 is 0. The molecule has 1 aromatic rings. The third kappa shape index (κ3) is 4.33. The van der Waals surface area contributed by atoms with Gasteiger partial charge in [-0.15, -0.1) is 0 Å². The van der Waals surface area contributed by atoms with Crippen LogP contribution in [-0.2, 0) is 0 Å². The Bertz CT molecular complexity index is 486. The minimum absolute atomic E-state index is 0.0224. The van der Waals surface area contributed by atoms with E-state index >= 15 is 0 Å². The number of nitro groups is 1. The van der Waals surface area contributed by atoms with E-state index in [0.29, 0.717) is 5.56 Å². The molecular formula is C15H22N2O3. The molecule has 0 aliphatic rings. The zero-order chi connectivity index (χ0) is 15.1. The van der Waals surface area contributed by atoms with Crippen LogP contribution in [0.1, 0.15) is 55.5 Å². The number of carbonyl (C=O) groups is 1. The number of rotatable bonds is 7. The second kappa shape index (κ2) is 7.62. The first kappa shape index (κ1) is 16.1. The standard InChI is InChI=1S/C15H22N2O3/c1-4-5-6-9-12(3)16-15(18)13-10-7-8-11(2)14(13)17(19)20/h7-8,10,12H,4-6,9H2,1-3H3,(H,16,18)/t12-/m0/s1. The lowest BCUT2D eigenvalue weighted by molar-refractivity contribution is -0.385. The highest BCUT2D eigenvalue weighted by Gasteiger charge is 2.22. The van der Waals surface area contributed by atoms with Crippen molar-refractivity contribution in [3.05, 3.63) is 39.4 Å². The molecule has 0 unspecified atom stereocenters. The second-order valence-corrected chi connectivity index (χ2v) is 5.10. The van der Waals surface area contributed by atoms with Gasteiger partial charge in [-0.05, 0) is 26.3 Å². The molecule has 0 saturated carbocycles. The molecule has 0 heterocycles. The number of nitrogens with one attached hydrogen (secondary N) is 1. The SMILES string of the molecule is CCCCC[C@H](C)NC(=O)c1cccc(C)c1[N+](=O)[O-]. The lowest BCUT2D eigenvalue weighted by Gasteiger charge is -2.14. The van der Waals surface area contributed by atoms with Crippen molar-refractivity contribution in [3.63, 3.8) is 0 Å². The third-order valence-electron chi connectivity index (χ3n) is 3.28. The highest BCUT2D eigenvalue weighted by atomic mass is 16.6. The highest BCUT2D eigenvalue weighted by molar-refractivity contribution is 5.98. The number of para-hydroxylation sites is 1. The van der Waals surface area contributed by atoms with Gasteiger partial charge >= 0.3 is 0 Å². The van der Waals surface area contributed by atoms with Crippen molar-refractivity contribution in [1.82, 2.24) is 5.32 Å². The monoisotopic (exact) mass is 278 g/mol. The number of aryl methyl sites for hydroxylation is 1. The summed E-state index contributed by atoms with van der Waals surface area (Å²) in [4.78, 5) is 22.7. The number of nitrogens with zero attached hydrogens (tertiary/aromatic N) is 1. The number of benzene rings is 1. The van der Waals surface area contributed by atoms with Gasteiger partial charge in [-0.1, -0.05) is 38.3 Å². The van der Waals surface area contributed by atoms with E-state index in [-0.39, 0.29) is 23.2 Å². The molecule has 110 valence electrons. The van der Waals surface area contributed by atoms with E-state index in [1.54, 1.807) is 19.1 Å². The minimum atomic E-state index is -0.494. The average Bonchev–Trinajstić information content (AvgIpc) is 2.38. The number of carbonyl (C=O) groups excluding carboxylic acids is 1. The molecule has 5 heteroatoms. The Balaban J connectivity index is 2.77. The zero-order valence-electron chi connectivity index (χ0n) is 12.3. The van der Waals surface area contributed by atoms with Crippen molar-refractivity contribution < 1.29 is 9.72 Å². The Hall–Kier alpha value is -1.91. The molecule has 0 bridgehead atoms. The summed E-state index contributed by atoms with van der Waals surface area (Å²) in [6.45, 7) is 5.69. The topological polar surface area (TPSA) is 72.2 Å². The molecule has 5 nitrogen and oxygen atoms in total. The summed E-state index contributed by atoms with van der Waals surface area (Å²) in [6, 6.07) is 4.83. The number of nitro benzene ring substituents is 1. The summed E-state index contributed by atoms with van der Waals surface area (Å²) in [5.74, 6) is -0.371. The maximum Gasteiger partial charge on any atom is 0.285 e. The minimum Gasteiger partial charge on any atom is -0.349 e. The molecule has 1 amide bonds. The van der Waals surface area contributed by atoms with Gasteiger partial charge in [0.25, 0.3) is 11.6 Å². The maximum absolute atomic E-state index is 12.1. The molecule has 20 heavy (non-hydrogen) atoms. The molecule has 1 rings (SSSR count). The Labute approximate surface area is 119 Å². The molecule has 0 spiro atoms. The van der Waals surface area contributed by atoms with Crippen LogP contribution in [0.2, 0.25) is 0 Å². The predicted octanol–water partition coefficient (Wildman–Crippen LogP) is 3.60. The number of unbranched alkanes of at least 4 members (excludes halogenated alkanes) is 2. The number of amides is 1. The van der Waals surface area contributed by atoms with E-state index in [9.17, 15) is 14.9 Å². The van der Waals surface area contributed by atoms with E-state index in [2.05, 4.69) is 12.2 Å². The molecule has 1 N–H and O–H groups in total. The van der Waals surface area contributed by atoms with Crippen molar-refractivity contribution in [2.75, 3.05) is 0 Å². The molecule has 0 radical (unpaired) electrons. The molecule has 0 saturated heterocycles. The highest BCUT2D eigenvalue weighted by Crippen LogP contribution is 2.23. The van der Waals surface area contributed by atoms with E-state index in [0.717, 1.165) is 25.7 Å². The lowest BCUT2D eigenvalue weighted by Crippen LogP contribution is -2.33. The van der Waals surface area contributed by atoms with E-state index in [4.69, 9.17) is 0 Å². The second-order valence-electron chi connectivity index (χ2n) is 5.10. The fraction of sp³-hybridized carbons (Fsp3) is 0.533. The Morgan fingerprint density at radius 3 is 2.70 bits per heavy atom. The summed E-state index contributed by atoms with van der Waals surface area (Å²) in [7, 11) is 0. The van der Waals surface area contributed by atoms with Crippen molar-refractivity contribution in [1.29, 1.82) is 0 Å². The van der Waals surface area contributed by atoms with Crippen LogP contribution in [0.4, 0.5) is 5.69 Å². The van der Waals surface area contributed by atoms with Crippen molar-refractivity contribution in [2.45, 2.75) is 52.5 Å². The van der Waals surface area contributed by atoms with Gasteiger partial charge in [-0.3, -0.25) is 14.9 Å². The van der Waals surface area contributed by atoms with Gasteiger partial charge in [-0.2, -0.15) is 0 Å². The summed E-state index contributed by atoms with van der Waals surface area (Å²) in [5.41, 5.74) is 0.532. The van der Waals surface area contributed by atoms with Crippen LogP contribution in [-0.4, -0.2) is 16.9 Å². The van der Waals surface area contributed by atoms with Crippen molar-refractivity contribution >= 4 is 11.6 Å². The molecule has 0 aliphatic heterocycles. The van der Waals surface area contributed by atoms with E-state index in [1.165, 1.54) is 6.07 Å². The first-order valence-corrected chi connectivity index (χ1v) is 7.02. The van der Waals surface area contributed by atoms with Crippen LogP contribution in [0.5, 0.6) is 0 Å². The van der Waals surface area contributed by atoms with Gasteiger partial charge in [0.1, 0.15) is 5.56 Å². The smallest absolute Gasteiger partial charge is 0.285 e. The summed E-state index contributed by atoms with van der Waals surface area (Å²) in [6.07, 6.45) is 4.20. The summed E-state index contributed by atoms with van der Waals surface area (Å²) in [5, 5.41) is 13.9. The fourth-order valence-corrected chi connectivity index (χ4v) is 2.16. The lowest BCUT2D eigenvalue weighted by atomic mass is 10.1. The fourth-order valence-electron chi connectivity index (χ4n) is 2.16. The quantitative estimate of drug-likeness (QED) is 0.470. The maximum atomic E-state index is 12.1. The van der Waals surface area contributed by atoms with E-state index in [1.807, 2.05) is 6.92 Å². The van der Waals surface area contributed by atoms with Crippen LogP contribution in [0.3, 0.4) is 0 Å². The first-order chi connectivity index (χ1) is 9.47. The molecule has 0 fully saturated rings. The first-order valence-electron chi connectivity index (χ1n) is 7.02. The van der Waals surface area contributed by atoms with Gasteiger partial charge in [-0.25, -0.2) is 0 Å². The van der Waals surface area contributed by atoms with Crippen molar-refractivity contribution in [3.8, 4) is 0 Å². The number of hydrogen-bond acceptors (Lipinski definition) is 3. The average molecular weight is 278 g/mol. The van der Waals surface area contributed by atoms with Crippen LogP contribution in [0.15, 0.2) is 18.2 Å². The van der Waals surface area contributed by atoms with Crippen LogP contribution in [0, 0.1) is 17.0 Å². The largest absolute Gasteiger partial charge is 0.349 e. The van der Waals surface area contributed by atoms with Gasteiger partial charge in [0.2, 0.25) is 0 Å². The van der Waals surface area contributed by atoms with Gasteiger partial charge in [0.15, 0.2) is 0 Å². The predicted molar refractivity (Wildman–Crippen MR) is 78.9 cm³/mol. The normalized spacial score (nSPS) is 11.9. The Morgan fingerprint density at radius 1 is 1.40 bits per heavy atom. The molecule has 0 aliphatic carbocycles. The number of hydrogen-bond donors (Lipinski definition) is 1. The molecular weight excluding hydrogens is 256 g/mol. The van der Waals surface area contributed by atoms with Gasteiger partial charge < -0.3 is 5.32 Å². The Morgan fingerprint density at radius 2 is 2.10 bits per heavy atom.